The lowest BCUT2D eigenvalue weighted by Gasteiger charge is -2.28. The van der Waals surface area contributed by atoms with Crippen molar-refractivity contribution >= 4 is 0 Å². The van der Waals surface area contributed by atoms with Crippen LogP contribution < -0.4 is 5.32 Å². The third-order valence-corrected chi connectivity index (χ3v) is 2.80. The first kappa shape index (κ1) is 13.3. The van der Waals surface area contributed by atoms with E-state index >= 15 is 0 Å². The molecule has 3 nitrogen and oxygen atoms in total. The van der Waals surface area contributed by atoms with Crippen LogP contribution in [0.15, 0.2) is 22.8 Å². The summed E-state index contributed by atoms with van der Waals surface area (Å²) >= 11 is 0. The van der Waals surface area contributed by atoms with Gasteiger partial charge in [-0.25, -0.2) is 0 Å². The lowest BCUT2D eigenvalue weighted by Crippen LogP contribution is -2.43. The van der Waals surface area contributed by atoms with E-state index in [1.165, 1.54) is 0 Å². The lowest BCUT2D eigenvalue weighted by molar-refractivity contribution is 0.263. The smallest absolute Gasteiger partial charge is 0.120 e. The third kappa shape index (κ3) is 3.99. The highest BCUT2D eigenvalue weighted by atomic mass is 16.3. The van der Waals surface area contributed by atoms with Crippen LogP contribution in [0.1, 0.15) is 32.6 Å². The Balaban J connectivity index is 2.54. The molecule has 1 aromatic heterocycles. The van der Waals surface area contributed by atoms with Crippen molar-refractivity contribution in [3.63, 3.8) is 0 Å². The fraction of sp³-hybridized carbons (Fsp3) is 0.692. The third-order valence-electron chi connectivity index (χ3n) is 2.80. The molecule has 0 aliphatic rings. The molecule has 1 heterocycles. The molecule has 1 rings (SSSR count). The van der Waals surface area contributed by atoms with Crippen molar-refractivity contribution in [2.75, 3.05) is 20.6 Å². The van der Waals surface area contributed by atoms with E-state index in [2.05, 4.69) is 45.1 Å². The highest BCUT2D eigenvalue weighted by molar-refractivity contribution is 5.03. The van der Waals surface area contributed by atoms with Crippen LogP contribution in [0.5, 0.6) is 0 Å². The van der Waals surface area contributed by atoms with Gasteiger partial charge in [-0.05, 0) is 39.1 Å². The van der Waals surface area contributed by atoms with Gasteiger partial charge in [-0.3, -0.25) is 0 Å². The molecule has 0 radical (unpaired) electrons. The summed E-state index contributed by atoms with van der Waals surface area (Å²) in [5, 5.41) is 3.61. The Morgan fingerprint density at radius 1 is 1.31 bits per heavy atom. The van der Waals surface area contributed by atoms with Crippen molar-refractivity contribution in [1.82, 2.24) is 10.2 Å². The summed E-state index contributed by atoms with van der Waals surface area (Å²) < 4.78 is 5.40. The van der Waals surface area contributed by atoms with E-state index in [9.17, 15) is 0 Å². The fourth-order valence-electron chi connectivity index (χ4n) is 1.79. The van der Waals surface area contributed by atoms with E-state index in [1.807, 2.05) is 12.1 Å². The van der Waals surface area contributed by atoms with E-state index in [4.69, 9.17) is 4.42 Å². The Morgan fingerprint density at radius 3 is 2.44 bits per heavy atom. The summed E-state index contributed by atoms with van der Waals surface area (Å²) in [6, 6.07) is 4.70. The number of hydrogen-bond acceptors (Lipinski definition) is 3. The molecule has 1 N–H and O–H groups in total. The molecule has 2 atom stereocenters. The minimum absolute atomic E-state index is 0.266. The molecular weight excluding hydrogens is 200 g/mol. The molecule has 92 valence electrons. The van der Waals surface area contributed by atoms with Gasteiger partial charge in [0.25, 0.3) is 0 Å². The average molecular weight is 224 g/mol. The van der Waals surface area contributed by atoms with E-state index in [0.29, 0.717) is 12.0 Å². The van der Waals surface area contributed by atoms with Crippen LogP contribution in [0.2, 0.25) is 0 Å². The zero-order chi connectivity index (χ0) is 12.1. The Bertz CT molecular complexity index is 280. The highest BCUT2D eigenvalue weighted by Gasteiger charge is 2.18. The quantitative estimate of drug-likeness (QED) is 0.805. The van der Waals surface area contributed by atoms with Crippen LogP contribution in [0.4, 0.5) is 0 Å². The number of furan rings is 1. The summed E-state index contributed by atoms with van der Waals surface area (Å²) in [6.07, 6.45) is 1.73. The Labute approximate surface area is 98.8 Å². The normalized spacial score (nSPS) is 15.7. The molecule has 0 saturated heterocycles. The summed E-state index contributed by atoms with van der Waals surface area (Å²) in [5.41, 5.74) is 0. The Kier molecular flexibility index (Phi) is 5.03. The summed E-state index contributed by atoms with van der Waals surface area (Å²) in [7, 11) is 4.21. The van der Waals surface area contributed by atoms with Gasteiger partial charge in [-0.1, -0.05) is 13.8 Å². The molecule has 1 aromatic rings. The van der Waals surface area contributed by atoms with Crippen LogP contribution in [-0.4, -0.2) is 31.6 Å². The second kappa shape index (κ2) is 6.06. The number of rotatable bonds is 6. The zero-order valence-electron chi connectivity index (χ0n) is 11.0. The fourth-order valence-corrected chi connectivity index (χ4v) is 1.79. The molecule has 0 aliphatic heterocycles. The highest BCUT2D eigenvalue weighted by Crippen LogP contribution is 2.15. The molecule has 0 fully saturated rings. The molecule has 0 amide bonds. The lowest BCUT2D eigenvalue weighted by atomic mass is 10.0. The maximum Gasteiger partial charge on any atom is 0.120 e. The molecule has 2 unspecified atom stereocenters. The first-order valence-electron chi connectivity index (χ1n) is 5.95. The van der Waals surface area contributed by atoms with E-state index in [-0.39, 0.29) is 6.04 Å². The number of nitrogens with one attached hydrogen (secondary N) is 1. The maximum atomic E-state index is 5.40. The van der Waals surface area contributed by atoms with Crippen LogP contribution in [0.3, 0.4) is 0 Å². The van der Waals surface area contributed by atoms with Gasteiger partial charge in [0.15, 0.2) is 0 Å². The van der Waals surface area contributed by atoms with Gasteiger partial charge < -0.3 is 14.6 Å². The second-order valence-corrected chi connectivity index (χ2v) is 5.02. The standard InChI is InChI=1S/C13H24N2O/c1-10(2)12(9-15(4)5)14-11(3)13-7-6-8-16-13/h6-8,10-12,14H,9H2,1-5H3. The molecule has 16 heavy (non-hydrogen) atoms. The molecule has 0 saturated carbocycles. The largest absolute Gasteiger partial charge is 0.468 e. The minimum atomic E-state index is 0.266. The monoisotopic (exact) mass is 224 g/mol. The molecule has 0 aliphatic carbocycles. The van der Waals surface area contributed by atoms with E-state index < -0.39 is 0 Å². The van der Waals surface area contributed by atoms with Gasteiger partial charge in [0.1, 0.15) is 5.76 Å². The Hall–Kier alpha value is -0.800. The van der Waals surface area contributed by atoms with Crippen molar-refractivity contribution < 1.29 is 4.42 Å². The summed E-state index contributed by atoms with van der Waals surface area (Å²) in [6.45, 7) is 7.68. The molecule has 0 bridgehead atoms. The SMILES string of the molecule is CC(NC(CN(C)C)C(C)C)c1ccco1. The van der Waals surface area contributed by atoms with E-state index in [0.717, 1.165) is 12.3 Å². The topological polar surface area (TPSA) is 28.4 Å². The summed E-state index contributed by atoms with van der Waals surface area (Å²) in [5.74, 6) is 1.62. The van der Waals surface area contributed by atoms with Crippen molar-refractivity contribution in [3.8, 4) is 0 Å². The number of likely N-dealkylation sites (N-methyl/N-ethyl adjacent to an activating group) is 1. The van der Waals surface area contributed by atoms with Gasteiger partial charge >= 0.3 is 0 Å². The van der Waals surface area contributed by atoms with Gasteiger partial charge in [0.2, 0.25) is 0 Å². The molecule has 3 heteroatoms. The van der Waals surface area contributed by atoms with Crippen LogP contribution in [-0.2, 0) is 0 Å². The minimum Gasteiger partial charge on any atom is -0.468 e. The van der Waals surface area contributed by atoms with E-state index in [1.54, 1.807) is 6.26 Å². The van der Waals surface area contributed by atoms with Crippen LogP contribution in [0.25, 0.3) is 0 Å². The van der Waals surface area contributed by atoms with Gasteiger partial charge in [0, 0.05) is 12.6 Å². The number of nitrogens with zero attached hydrogens (tertiary/aromatic N) is 1. The Morgan fingerprint density at radius 2 is 2.00 bits per heavy atom. The first-order valence-corrected chi connectivity index (χ1v) is 5.95. The second-order valence-electron chi connectivity index (χ2n) is 5.02. The van der Waals surface area contributed by atoms with Crippen molar-refractivity contribution in [1.29, 1.82) is 0 Å². The van der Waals surface area contributed by atoms with Crippen molar-refractivity contribution in [2.24, 2.45) is 5.92 Å². The van der Waals surface area contributed by atoms with Crippen molar-refractivity contribution in [3.05, 3.63) is 24.2 Å². The predicted octanol–water partition coefficient (Wildman–Crippen LogP) is 2.52. The van der Waals surface area contributed by atoms with Crippen LogP contribution in [0, 0.1) is 5.92 Å². The number of hydrogen-bond donors (Lipinski definition) is 1. The average Bonchev–Trinajstić information content (AvgIpc) is 2.68. The van der Waals surface area contributed by atoms with Gasteiger partial charge in [-0.15, -0.1) is 0 Å². The van der Waals surface area contributed by atoms with Gasteiger partial charge in [0.05, 0.1) is 12.3 Å². The predicted molar refractivity (Wildman–Crippen MR) is 67.4 cm³/mol. The van der Waals surface area contributed by atoms with Crippen LogP contribution >= 0.6 is 0 Å². The molecule has 0 aromatic carbocycles. The van der Waals surface area contributed by atoms with Gasteiger partial charge in [-0.2, -0.15) is 0 Å². The summed E-state index contributed by atoms with van der Waals surface area (Å²) in [4.78, 5) is 2.21. The zero-order valence-corrected chi connectivity index (χ0v) is 11.0. The first-order chi connectivity index (χ1) is 7.50. The molecule has 0 spiro atoms. The molecular formula is C13H24N2O. The maximum absolute atomic E-state index is 5.40. The van der Waals surface area contributed by atoms with Crippen molar-refractivity contribution in [2.45, 2.75) is 32.9 Å².